The van der Waals surface area contributed by atoms with E-state index in [1.54, 1.807) is 12.3 Å². The van der Waals surface area contributed by atoms with E-state index in [-0.39, 0.29) is 21.0 Å². The molecule has 0 radical (unpaired) electrons. The van der Waals surface area contributed by atoms with Crippen molar-refractivity contribution in [3.05, 3.63) is 46.3 Å². The van der Waals surface area contributed by atoms with Gasteiger partial charge in [0.15, 0.2) is 0 Å². The van der Waals surface area contributed by atoms with Gasteiger partial charge in [0.25, 0.3) is 10.0 Å². The standard InChI is InChI=1S/C13H10N2O4S2/c1-8-2-3-10(6-11(8)13(16)17)21(18,19)15-12-9(7-14)4-5-20-12/h2-6,15H,1H3,(H,16,17). The molecule has 1 aromatic heterocycles. The maximum atomic E-state index is 12.2. The maximum Gasteiger partial charge on any atom is 0.335 e. The summed E-state index contributed by atoms with van der Waals surface area (Å²) < 4.78 is 26.8. The van der Waals surface area contributed by atoms with Gasteiger partial charge in [-0.3, -0.25) is 4.72 Å². The molecule has 0 saturated heterocycles. The van der Waals surface area contributed by atoms with Crippen LogP contribution in [0.25, 0.3) is 0 Å². The highest BCUT2D eigenvalue weighted by molar-refractivity contribution is 7.93. The van der Waals surface area contributed by atoms with Gasteiger partial charge in [0.1, 0.15) is 11.1 Å². The number of hydrogen-bond acceptors (Lipinski definition) is 5. The third-order valence-corrected chi connectivity index (χ3v) is 5.07. The lowest BCUT2D eigenvalue weighted by Gasteiger charge is -2.08. The summed E-state index contributed by atoms with van der Waals surface area (Å²) in [6.45, 7) is 1.58. The van der Waals surface area contributed by atoms with Crippen LogP contribution in [-0.2, 0) is 10.0 Å². The van der Waals surface area contributed by atoms with E-state index in [0.717, 1.165) is 17.4 Å². The molecule has 1 heterocycles. The third kappa shape index (κ3) is 3.04. The minimum atomic E-state index is -3.94. The number of aryl methyl sites for hydroxylation is 1. The lowest BCUT2D eigenvalue weighted by Crippen LogP contribution is -2.14. The second-order valence-corrected chi connectivity index (χ2v) is 6.76. The Morgan fingerprint density at radius 3 is 2.71 bits per heavy atom. The van der Waals surface area contributed by atoms with Crippen LogP contribution < -0.4 is 4.72 Å². The Kier molecular flexibility index (Phi) is 3.97. The van der Waals surface area contributed by atoms with Crippen LogP contribution in [0, 0.1) is 18.3 Å². The van der Waals surface area contributed by atoms with Crippen molar-refractivity contribution in [3.63, 3.8) is 0 Å². The fourth-order valence-corrected chi connectivity index (χ4v) is 3.75. The molecule has 0 atom stereocenters. The number of hydrogen-bond donors (Lipinski definition) is 2. The maximum absolute atomic E-state index is 12.2. The Morgan fingerprint density at radius 1 is 1.38 bits per heavy atom. The molecule has 0 unspecified atom stereocenters. The van der Waals surface area contributed by atoms with Crippen LogP contribution in [0.1, 0.15) is 21.5 Å². The monoisotopic (exact) mass is 322 g/mol. The summed E-state index contributed by atoms with van der Waals surface area (Å²) in [6, 6.07) is 7.23. The summed E-state index contributed by atoms with van der Waals surface area (Å²) in [4.78, 5) is 10.9. The molecule has 0 amide bonds. The van der Waals surface area contributed by atoms with Gasteiger partial charge in [-0.2, -0.15) is 5.26 Å². The first-order valence-electron chi connectivity index (χ1n) is 5.69. The highest BCUT2D eigenvalue weighted by Gasteiger charge is 2.19. The Balaban J connectivity index is 2.43. The van der Waals surface area contributed by atoms with E-state index in [1.165, 1.54) is 18.2 Å². The van der Waals surface area contributed by atoms with Crippen molar-refractivity contribution in [1.29, 1.82) is 5.26 Å². The molecular formula is C13H10N2O4S2. The number of benzene rings is 1. The second-order valence-electron chi connectivity index (χ2n) is 4.16. The van der Waals surface area contributed by atoms with Crippen molar-refractivity contribution in [1.82, 2.24) is 0 Å². The molecule has 0 spiro atoms. The van der Waals surface area contributed by atoms with Crippen LogP contribution in [0.5, 0.6) is 0 Å². The zero-order valence-corrected chi connectivity index (χ0v) is 12.5. The lowest BCUT2D eigenvalue weighted by atomic mass is 10.1. The summed E-state index contributed by atoms with van der Waals surface area (Å²) in [5.74, 6) is -1.20. The van der Waals surface area contributed by atoms with Crippen LogP contribution >= 0.6 is 11.3 Å². The summed E-state index contributed by atoms with van der Waals surface area (Å²) in [5, 5.41) is 19.7. The molecule has 21 heavy (non-hydrogen) atoms. The molecule has 0 aliphatic heterocycles. The number of carboxylic acids is 1. The van der Waals surface area contributed by atoms with Crippen LogP contribution in [0.2, 0.25) is 0 Å². The number of sulfonamides is 1. The van der Waals surface area contributed by atoms with Gasteiger partial charge in [-0.1, -0.05) is 6.07 Å². The highest BCUT2D eigenvalue weighted by atomic mass is 32.2. The molecule has 2 N–H and O–H groups in total. The van der Waals surface area contributed by atoms with Crippen molar-refractivity contribution in [2.45, 2.75) is 11.8 Å². The zero-order valence-electron chi connectivity index (χ0n) is 10.8. The molecule has 0 saturated carbocycles. The lowest BCUT2D eigenvalue weighted by molar-refractivity contribution is 0.0696. The van der Waals surface area contributed by atoms with Gasteiger partial charge in [-0.25, -0.2) is 13.2 Å². The predicted molar refractivity (Wildman–Crippen MR) is 78.0 cm³/mol. The zero-order chi connectivity index (χ0) is 15.6. The number of carboxylic acid groups (broad SMARTS) is 1. The van der Waals surface area contributed by atoms with E-state index >= 15 is 0 Å². The van der Waals surface area contributed by atoms with Gasteiger partial charge in [0.05, 0.1) is 16.0 Å². The minimum Gasteiger partial charge on any atom is -0.478 e. The first kappa shape index (κ1) is 15.0. The Labute approximate surface area is 125 Å². The van der Waals surface area contributed by atoms with Crippen LogP contribution in [-0.4, -0.2) is 19.5 Å². The van der Waals surface area contributed by atoms with E-state index in [2.05, 4.69) is 4.72 Å². The largest absolute Gasteiger partial charge is 0.478 e. The molecule has 2 aromatic rings. The number of carbonyl (C=O) groups is 1. The summed E-state index contributed by atoms with van der Waals surface area (Å²) in [6.07, 6.45) is 0. The topological polar surface area (TPSA) is 107 Å². The van der Waals surface area contributed by atoms with E-state index in [9.17, 15) is 13.2 Å². The van der Waals surface area contributed by atoms with Gasteiger partial charge in [0, 0.05) is 0 Å². The average molecular weight is 322 g/mol. The Morgan fingerprint density at radius 2 is 2.10 bits per heavy atom. The van der Waals surface area contributed by atoms with E-state index in [0.29, 0.717) is 5.56 Å². The number of aromatic carboxylic acids is 1. The fourth-order valence-electron chi connectivity index (χ4n) is 1.66. The number of nitrogens with zero attached hydrogens (tertiary/aromatic N) is 1. The smallest absolute Gasteiger partial charge is 0.335 e. The van der Waals surface area contributed by atoms with Gasteiger partial charge >= 0.3 is 5.97 Å². The van der Waals surface area contributed by atoms with Gasteiger partial charge in [-0.05, 0) is 36.1 Å². The average Bonchev–Trinajstić information content (AvgIpc) is 2.85. The van der Waals surface area contributed by atoms with Gasteiger partial charge in [-0.15, -0.1) is 11.3 Å². The number of rotatable bonds is 4. The first-order chi connectivity index (χ1) is 9.85. The molecule has 8 heteroatoms. The molecule has 0 aliphatic rings. The van der Waals surface area contributed by atoms with Crippen molar-refractivity contribution in [3.8, 4) is 6.07 Å². The number of nitriles is 1. The van der Waals surface area contributed by atoms with Crippen LogP contribution in [0.3, 0.4) is 0 Å². The normalized spacial score (nSPS) is 10.9. The molecule has 0 fully saturated rings. The minimum absolute atomic E-state index is 0.0791. The van der Waals surface area contributed by atoms with E-state index < -0.39 is 16.0 Å². The fraction of sp³-hybridized carbons (Fsp3) is 0.0769. The van der Waals surface area contributed by atoms with E-state index in [1.807, 2.05) is 6.07 Å². The summed E-state index contributed by atoms with van der Waals surface area (Å²) >= 11 is 1.08. The molecule has 108 valence electrons. The van der Waals surface area contributed by atoms with Crippen LogP contribution in [0.15, 0.2) is 34.5 Å². The molecule has 0 aliphatic carbocycles. The van der Waals surface area contributed by atoms with Crippen molar-refractivity contribution >= 4 is 32.3 Å². The molecule has 1 aromatic carbocycles. The summed E-state index contributed by atoms with van der Waals surface area (Å²) in [5.41, 5.74) is 0.606. The molecule has 6 nitrogen and oxygen atoms in total. The second kappa shape index (κ2) is 5.55. The number of thiophene rings is 1. The SMILES string of the molecule is Cc1ccc(S(=O)(=O)Nc2sccc2C#N)cc1C(=O)O. The molecular weight excluding hydrogens is 312 g/mol. The first-order valence-corrected chi connectivity index (χ1v) is 8.06. The quantitative estimate of drug-likeness (QED) is 0.899. The third-order valence-electron chi connectivity index (χ3n) is 2.76. The molecule has 2 rings (SSSR count). The van der Waals surface area contributed by atoms with Crippen molar-refractivity contribution < 1.29 is 18.3 Å². The highest BCUT2D eigenvalue weighted by Crippen LogP contribution is 2.26. The Hall–Kier alpha value is -2.37. The number of nitrogens with one attached hydrogen (secondary N) is 1. The van der Waals surface area contributed by atoms with Crippen molar-refractivity contribution in [2.75, 3.05) is 4.72 Å². The van der Waals surface area contributed by atoms with Crippen molar-refractivity contribution in [2.24, 2.45) is 0 Å². The predicted octanol–water partition coefficient (Wildman–Crippen LogP) is 2.43. The Bertz CT molecular complexity index is 847. The number of anilines is 1. The molecule has 0 bridgehead atoms. The van der Waals surface area contributed by atoms with Gasteiger partial charge < -0.3 is 5.11 Å². The summed E-state index contributed by atoms with van der Waals surface area (Å²) in [7, 11) is -3.94. The van der Waals surface area contributed by atoms with Crippen LogP contribution in [0.4, 0.5) is 5.00 Å². The van der Waals surface area contributed by atoms with Gasteiger partial charge in [0.2, 0.25) is 0 Å². The van der Waals surface area contributed by atoms with E-state index in [4.69, 9.17) is 10.4 Å².